The summed E-state index contributed by atoms with van der Waals surface area (Å²) in [4.78, 5) is 16.2. The number of benzene rings is 1. The van der Waals surface area contributed by atoms with Crippen molar-refractivity contribution < 1.29 is 9.52 Å². The van der Waals surface area contributed by atoms with Gasteiger partial charge in [0.25, 0.3) is 0 Å². The van der Waals surface area contributed by atoms with Gasteiger partial charge >= 0.3 is 0 Å². The molecule has 0 atom stereocenters. The molecule has 1 aliphatic heterocycles. The fourth-order valence-electron chi connectivity index (χ4n) is 3.00. The van der Waals surface area contributed by atoms with Crippen molar-refractivity contribution in [3.8, 4) is 5.75 Å². The van der Waals surface area contributed by atoms with Gasteiger partial charge in [-0.05, 0) is 12.5 Å². The van der Waals surface area contributed by atoms with Crippen molar-refractivity contribution in [2.75, 3.05) is 32.7 Å². The summed E-state index contributed by atoms with van der Waals surface area (Å²) in [5.74, 6) is 0.628. The van der Waals surface area contributed by atoms with E-state index < -0.39 is 0 Å². The van der Waals surface area contributed by atoms with Gasteiger partial charge in [-0.15, -0.1) is 0 Å². The van der Waals surface area contributed by atoms with Crippen LogP contribution in [-0.2, 0) is 6.54 Å². The normalized spacial score (nSPS) is 16.5. The second kappa shape index (κ2) is 8.14. The lowest BCUT2D eigenvalue weighted by molar-refractivity contribution is 0.127. The molecule has 3 rings (SSSR count). The number of aromatic hydroxyl groups is 1. The van der Waals surface area contributed by atoms with E-state index in [2.05, 4.69) is 34.1 Å². The first-order valence-electron chi connectivity index (χ1n) is 8.61. The Morgan fingerprint density at radius 2 is 1.80 bits per heavy atom. The molecule has 2 aromatic rings. The number of nitrogens with zero attached hydrogens (tertiary/aromatic N) is 2. The van der Waals surface area contributed by atoms with Crippen LogP contribution in [0.3, 0.4) is 0 Å². The Balaban J connectivity index is 1.49. The summed E-state index contributed by atoms with van der Waals surface area (Å²) in [6.07, 6.45) is 4.34. The van der Waals surface area contributed by atoms with Crippen LogP contribution in [0.5, 0.6) is 5.75 Å². The standard InChI is InChI=1S/C20H24N2O3/c1-16-14-18(23)20(24)19(25-16)15-22-12-10-21(11-13-22)9-5-8-17-6-3-2-4-7-17/h2-8,14,24H,9-13,15H2,1H3/b8-5+. The molecule has 1 aliphatic rings. The third kappa shape index (κ3) is 4.81. The van der Waals surface area contributed by atoms with Crippen molar-refractivity contribution in [3.05, 3.63) is 69.8 Å². The van der Waals surface area contributed by atoms with Gasteiger partial charge < -0.3 is 9.52 Å². The Bertz CT molecular complexity index is 775. The molecule has 1 aromatic heterocycles. The lowest BCUT2D eigenvalue weighted by Gasteiger charge is -2.33. The second-order valence-electron chi connectivity index (χ2n) is 6.38. The molecule has 0 aliphatic carbocycles. The zero-order valence-corrected chi connectivity index (χ0v) is 14.5. The molecule has 5 heteroatoms. The maximum atomic E-state index is 11.6. The minimum Gasteiger partial charge on any atom is -0.502 e. The van der Waals surface area contributed by atoms with E-state index in [1.165, 1.54) is 11.6 Å². The van der Waals surface area contributed by atoms with Crippen LogP contribution in [0.15, 0.2) is 51.7 Å². The second-order valence-corrected chi connectivity index (χ2v) is 6.38. The van der Waals surface area contributed by atoms with Gasteiger partial charge in [0.1, 0.15) is 5.76 Å². The fraction of sp³-hybridized carbons (Fsp3) is 0.350. The first-order valence-corrected chi connectivity index (χ1v) is 8.61. The Labute approximate surface area is 147 Å². The zero-order valence-electron chi connectivity index (χ0n) is 14.5. The maximum Gasteiger partial charge on any atom is 0.227 e. The van der Waals surface area contributed by atoms with Crippen LogP contribution < -0.4 is 5.43 Å². The summed E-state index contributed by atoms with van der Waals surface area (Å²) in [6.45, 7) is 6.80. The molecular weight excluding hydrogens is 316 g/mol. The topological polar surface area (TPSA) is 56.9 Å². The number of aryl methyl sites for hydroxylation is 1. The SMILES string of the molecule is Cc1cc(=O)c(O)c(CN2CCN(C/C=C/c3ccccc3)CC2)o1. The molecule has 0 bridgehead atoms. The highest BCUT2D eigenvalue weighted by Gasteiger charge is 2.19. The molecule has 5 nitrogen and oxygen atoms in total. The smallest absolute Gasteiger partial charge is 0.227 e. The average molecular weight is 340 g/mol. The zero-order chi connectivity index (χ0) is 17.6. The molecule has 2 heterocycles. The van der Waals surface area contributed by atoms with Gasteiger partial charge in [0.05, 0.1) is 6.54 Å². The molecule has 1 aromatic carbocycles. The van der Waals surface area contributed by atoms with Crippen molar-refractivity contribution in [2.24, 2.45) is 0 Å². The van der Waals surface area contributed by atoms with Gasteiger partial charge in [-0.25, -0.2) is 0 Å². The number of hydrogen-bond acceptors (Lipinski definition) is 5. The molecule has 25 heavy (non-hydrogen) atoms. The van der Waals surface area contributed by atoms with Crippen LogP contribution in [0.1, 0.15) is 17.1 Å². The molecule has 1 saturated heterocycles. The molecule has 0 amide bonds. The van der Waals surface area contributed by atoms with Crippen molar-refractivity contribution in [1.82, 2.24) is 9.80 Å². The van der Waals surface area contributed by atoms with Gasteiger partial charge in [-0.1, -0.05) is 42.5 Å². The van der Waals surface area contributed by atoms with Crippen molar-refractivity contribution in [2.45, 2.75) is 13.5 Å². The predicted molar refractivity (Wildman–Crippen MR) is 98.6 cm³/mol. The first kappa shape index (κ1) is 17.5. The van der Waals surface area contributed by atoms with Gasteiger partial charge in [-0.2, -0.15) is 0 Å². The molecule has 0 saturated carbocycles. The molecule has 0 radical (unpaired) electrons. The van der Waals surface area contributed by atoms with E-state index in [0.29, 0.717) is 18.1 Å². The van der Waals surface area contributed by atoms with Crippen LogP contribution in [0.25, 0.3) is 6.08 Å². The summed E-state index contributed by atoms with van der Waals surface area (Å²) in [5, 5.41) is 9.88. The summed E-state index contributed by atoms with van der Waals surface area (Å²) in [6, 6.07) is 11.6. The van der Waals surface area contributed by atoms with Crippen LogP contribution in [-0.4, -0.2) is 47.6 Å². The monoisotopic (exact) mass is 340 g/mol. The highest BCUT2D eigenvalue weighted by atomic mass is 16.4. The van der Waals surface area contributed by atoms with Gasteiger partial charge in [0.2, 0.25) is 11.2 Å². The number of rotatable bonds is 5. The molecule has 1 N–H and O–H groups in total. The molecule has 0 spiro atoms. The van der Waals surface area contributed by atoms with Crippen LogP contribution in [0.4, 0.5) is 0 Å². The largest absolute Gasteiger partial charge is 0.502 e. The van der Waals surface area contributed by atoms with E-state index in [1.807, 2.05) is 18.2 Å². The van der Waals surface area contributed by atoms with Gasteiger partial charge in [0.15, 0.2) is 5.76 Å². The summed E-state index contributed by atoms with van der Waals surface area (Å²) in [5.41, 5.74) is 0.842. The van der Waals surface area contributed by atoms with E-state index in [4.69, 9.17) is 4.42 Å². The Morgan fingerprint density at radius 3 is 2.52 bits per heavy atom. The first-order chi connectivity index (χ1) is 12.1. The highest BCUT2D eigenvalue weighted by Crippen LogP contribution is 2.17. The fourth-order valence-corrected chi connectivity index (χ4v) is 3.00. The molecular formula is C20H24N2O3. The van der Waals surface area contributed by atoms with Crippen molar-refractivity contribution in [1.29, 1.82) is 0 Å². The Morgan fingerprint density at radius 1 is 1.12 bits per heavy atom. The highest BCUT2D eigenvalue weighted by molar-refractivity contribution is 5.48. The number of piperazine rings is 1. The van der Waals surface area contributed by atoms with Crippen molar-refractivity contribution in [3.63, 3.8) is 0 Å². The van der Waals surface area contributed by atoms with E-state index >= 15 is 0 Å². The van der Waals surface area contributed by atoms with E-state index in [9.17, 15) is 9.90 Å². The van der Waals surface area contributed by atoms with E-state index in [1.54, 1.807) is 6.92 Å². The van der Waals surface area contributed by atoms with Gasteiger partial charge in [-0.3, -0.25) is 14.6 Å². The van der Waals surface area contributed by atoms with Crippen LogP contribution in [0.2, 0.25) is 0 Å². The van der Waals surface area contributed by atoms with E-state index in [-0.39, 0.29) is 11.2 Å². The third-order valence-electron chi connectivity index (χ3n) is 4.42. The summed E-state index contributed by atoms with van der Waals surface area (Å²) < 4.78 is 5.52. The quantitative estimate of drug-likeness (QED) is 0.906. The minimum atomic E-state index is -0.372. The van der Waals surface area contributed by atoms with Crippen molar-refractivity contribution >= 4 is 6.08 Å². The van der Waals surface area contributed by atoms with E-state index in [0.717, 1.165) is 32.7 Å². The third-order valence-corrected chi connectivity index (χ3v) is 4.42. The molecule has 132 valence electrons. The van der Waals surface area contributed by atoms with Crippen LogP contribution >= 0.6 is 0 Å². The van der Waals surface area contributed by atoms with Gasteiger partial charge in [0, 0.05) is 38.8 Å². The van der Waals surface area contributed by atoms with Crippen LogP contribution in [0, 0.1) is 6.92 Å². The average Bonchev–Trinajstić information content (AvgIpc) is 2.62. The Hall–Kier alpha value is -2.37. The maximum absolute atomic E-state index is 11.6. The Kier molecular flexibility index (Phi) is 5.68. The lowest BCUT2D eigenvalue weighted by Crippen LogP contribution is -2.45. The minimum absolute atomic E-state index is 0.265. The number of hydrogen-bond donors (Lipinski definition) is 1. The summed E-state index contributed by atoms with van der Waals surface area (Å²) >= 11 is 0. The lowest BCUT2D eigenvalue weighted by atomic mass is 10.2. The molecule has 1 fully saturated rings. The predicted octanol–water partition coefficient (Wildman–Crippen LogP) is 2.48. The summed E-state index contributed by atoms with van der Waals surface area (Å²) in [7, 11) is 0. The molecule has 0 unspecified atom stereocenters.